The first kappa shape index (κ1) is 18.4. The highest BCUT2D eigenvalue weighted by molar-refractivity contribution is 5.80. The van der Waals surface area contributed by atoms with Crippen LogP contribution in [0.5, 0.6) is 0 Å². The first-order valence-electron chi connectivity index (χ1n) is 9.71. The average Bonchev–Trinajstić information content (AvgIpc) is 2.92. The summed E-state index contributed by atoms with van der Waals surface area (Å²) >= 11 is 0. The fourth-order valence-electron chi connectivity index (χ4n) is 3.75. The third-order valence-corrected chi connectivity index (χ3v) is 5.23. The SMILES string of the molecule is O=C(Cn1nc2c(cc1=O)CCCCC2)NCCn1ccc2ccc(F)cc21. The van der Waals surface area contributed by atoms with Crippen molar-refractivity contribution >= 4 is 16.8 Å². The summed E-state index contributed by atoms with van der Waals surface area (Å²) in [5, 5.41) is 8.19. The van der Waals surface area contributed by atoms with Crippen LogP contribution in [0.25, 0.3) is 10.9 Å². The van der Waals surface area contributed by atoms with Gasteiger partial charge in [0.05, 0.1) is 11.2 Å². The summed E-state index contributed by atoms with van der Waals surface area (Å²) in [6.45, 7) is 0.817. The van der Waals surface area contributed by atoms with E-state index in [1.165, 1.54) is 16.8 Å². The van der Waals surface area contributed by atoms with E-state index in [1.807, 2.05) is 16.8 Å². The van der Waals surface area contributed by atoms with Crippen molar-refractivity contribution < 1.29 is 9.18 Å². The number of aromatic nitrogens is 3. The fourth-order valence-corrected chi connectivity index (χ4v) is 3.75. The van der Waals surface area contributed by atoms with E-state index in [9.17, 15) is 14.0 Å². The molecular weight excluding hydrogens is 359 g/mol. The molecule has 2 aromatic heterocycles. The second-order valence-electron chi connectivity index (χ2n) is 7.24. The van der Waals surface area contributed by atoms with Crippen molar-refractivity contribution in [1.29, 1.82) is 0 Å². The Kier molecular flexibility index (Phi) is 5.23. The summed E-state index contributed by atoms with van der Waals surface area (Å²) in [5.74, 6) is -0.545. The van der Waals surface area contributed by atoms with Gasteiger partial charge >= 0.3 is 0 Å². The first-order chi connectivity index (χ1) is 13.6. The van der Waals surface area contributed by atoms with Crippen LogP contribution in [0.1, 0.15) is 30.5 Å². The fraction of sp³-hybridized carbons (Fsp3) is 0.381. The largest absolute Gasteiger partial charge is 0.353 e. The van der Waals surface area contributed by atoms with Crippen LogP contribution in [-0.4, -0.2) is 26.8 Å². The van der Waals surface area contributed by atoms with Gasteiger partial charge in [-0.3, -0.25) is 9.59 Å². The maximum absolute atomic E-state index is 13.4. The van der Waals surface area contributed by atoms with Crippen molar-refractivity contribution in [2.24, 2.45) is 0 Å². The lowest BCUT2D eigenvalue weighted by Gasteiger charge is -2.11. The quantitative estimate of drug-likeness (QED) is 0.689. The van der Waals surface area contributed by atoms with Crippen LogP contribution in [0, 0.1) is 5.82 Å². The van der Waals surface area contributed by atoms with Crippen LogP contribution >= 0.6 is 0 Å². The topological polar surface area (TPSA) is 68.9 Å². The number of aryl methyl sites for hydroxylation is 2. The molecule has 0 atom stereocenters. The molecule has 0 fully saturated rings. The smallest absolute Gasteiger partial charge is 0.267 e. The number of carbonyl (C=O) groups excluding carboxylic acids is 1. The summed E-state index contributed by atoms with van der Waals surface area (Å²) in [6, 6.07) is 8.18. The van der Waals surface area contributed by atoms with E-state index >= 15 is 0 Å². The minimum Gasteiger partial charge on any atom is -0.353 e. The minimum absolute atomic E-state index is 0.0901. The number of fused-ring (bicyclic) bond motifs is 2. The molecule has 146 valence electrons. The van der Waals surface area contributed by atoms with Gasteiger partial charge < -0.3 is 9.88 Å². The van der Waals surface area contributed by atoms with E-state index in [1.54, 1.807) is 12.1 Å². The lowest BCUT2D eigenvalue weighted by molar-refractivity contribution is -0.121. The number of amides is 1. The molecule has 1 aliphatic rings. The molecule has 28 heavy (non-hydrogen) atoms. The van der Waals surface area contributed by atoms with E-state index < -0.39 is 0 Å². The second kappa shape index (κ2) is 7.96. The number of halogens is 1. The maximum atomic E-state index is 13.4. The van der Waals surface area contributed by atoms with Crippen LogP contribution < -0.4 is 10.9 Å². The molecule has 0 unspecified atom stereocenters. The monoisotopic (exact) mass is 382 g/mol. The highest BCUT2D eigenvalue weighted by atomic mass is 19.1. The van der Waals surface area contributed by atoms with E-state index in [-0.39, 0.29) is 23.8 Å². The van der Waals surface area contributed by atoms with Gasteiger partial charge in [-0.2, -0.15) is 5.10 Å². The molecule has 0 radical (unpaired) electrons. The van der Waals surface area contributed by atoms with Gasteiger partial charge in [-0.25, -0.2) is 9.07 Å². The Balaban J connectivity index is 1.37. The van der Waals surface area contributed by atoms with Crippen molar-refractivity contribution in [3.8, 4) is 0 Å². The van der Waals surface area contributed by atoms with Crippen molar-refractivity contribution in [3.63, 3.8) is 0 Å². The van der Waals surface area contributed by atoms with Crippen LogP contribution in [-0.2, 0) is 30.7 Å². The summed E-state index contributed by atoms with van der Waals surface area (Å²) in [6.07, 6.45) is 6.90. The molecule has 0 aliphatic heterocycles. The van der Waals surface area contributed by atoms with Gasteiger partial charge in [0.2, 0.25) is 5.91 Å². The maximum Gasteiger partial charge on any atom is 0.267 e. The molecular formula is C21H23FN4O2. The molecule has 7 heteroatoms. The zero-order valence-corrected chi connectivity index (χ0v) is 15.7. The van der Waals surface area contributed by atoms with Crippen molar-refractivity contribution in [3.05, 3.63) is 64.0 Å². The van der Waals surface area contributed by atoms with Gasteiger partial charge in [0.15, 0.2) is 0 Å². The zero-order valence-electron chi connectivity index (χ0n) is 15.7. The third kappa shape index (κ3) is 3.98. The normalized spacial score (nSPS) is 13.9. The second-order valence-corrected chi connectivity index (χ2v) is 7.24. The van der Waals surface area contributed by atoms with E-state index in [4.69, 9.17) is 0 Å². The summed E-state index contributed by atoms with van der Waals surface area (Å²) in [5.41, 5.74) is 2.51. The molecule has 6 nitrogen and oxygen atoms in total. The number of carbonyl (C=O) groups is 1. The summed E-state index contributed by atoms with van der Waals surface area (Å²) in [4.78, 5) is 24.5. The highest BCUT2D eigenvalue weighted by Gasteiger charge is 2.14. The highest BCUT2D eigenvalue weighted by Crippen LogP contribution is 2.17. The lowest BCUT2D eigenvalue weighted by atomic mass is 10.1. The molecule has 1 N–H and O–H groups in total. The van der Waals surface area contributed by atoms with Crippen LogP contribution in [0.3, 0.4) is 0 Å². The molecule has 0 bridgehead atoms. The minimum atomic E-state index is -0.287. The number of nitrogens with one attached hydrogen (secondary N) is 1. The van der Waals surface area contributed by atoms with Crippen LogP contribution in [0.4, 0.5) is 4.39 Å². The number of nitrogens with zero attached hydrogens (tertiary/aromatic N) is 3. The molecule has 0 saturated heterocycles. The van der Waals surface area contributed by atoms with E-state index in [2.05, 4.69) is 10.4 Å². The predicted octanol–water partition coefficient (Wildman–Crippen LogP) is 2.42. The zero-order chi connectivity index (χ0) is 19.5. The summed E-state index contributed by atoms with van der Waals surface area (Å²) in [7, 11) is 0. The van der Waals surface area contributed by atoms with Gasteiger partial charge in [-0.15, -0.1) is 0 Å². The molecule has 1 amide bonds. The Morgan fingerprint density at radius 2 is 2.00 bits per heavy atom. The lowest BCUT2D eigenvalue weighted by Crippen LogP contribution is -2.35. The molecule has 2 heterocycles. The number of rotatable bonds is 5. The van der Waals surface area contributed by atoms with Crippen molar-refractivity contribution in [1.82, 2.24) is 19.7 Å². The van der Waals surface area contributed by atoms with Gasteiger partial charge in [-0.05, 0) is 60.9 Å². The summed E-state index contributed by atoms with van der Waals surface area (Å²) < 4.78 is 16.6. The Hall–Kier alpha value is -2.96. The van der Waals surface area contributed by atoms with Gasteiger partial charge in [0.1, 0.15) is 12.4 Å². The molecule has 1 aliphatic carbocycles. The predicted molar refractivity (Wildman–Crippen MR) is 105 cm³/mol. The Bertz CT molecular complexity index is 1070. The standard InChI is InChI=1S/C21H23FN4O2/c22-17-7-6-15-8-10-25(19(15)13-17)11-9-23-20(27)14-26-21(28)12-16-4-2-1-3-5-18(16)24-26/h6-8,10,12-13H,1-5,9,11,14H2,(H,23,27). The molecule has 4 rings (SSSR count). The van der Waals surface area contributed by atoms with E-state index in [0.29, 0.717) is 13.1 Å². The number of hydrogen-bond donors (Lipinski definition) is 1. The first-order valence-corrected chi connectivity index (χ1v) is 9.71. The molecule has 3 aromatic rings. The molecule has 1 aromatic carbocycles. The Morgan fingerprint density at radius 1 is 1.14 bits per heavy atom. The third-order valence-electron chi connectivity index (χ3n) is 5.23. The molecule has 0 spiro atoms. The van der Waals surface area contributed by atoms with Gasteiger partial charge in [-0.1, -0.05) is 6.42 Å². The van der Waals surface area contributed by atoms with Crippen molar-refractivity contribution in [2.75, 3.05) is 6.54 Å². The molecule has 0 saturated carbocycles. The Morgan fingerprint density at radius 3 is 2.89 bits per heavy atom. The number of hydrogen-bond acceptors (Lipinski definition) is 3. The number of benzene rings is 1. The Labute approximate surface area is 162 Å². The van der Waals surface area contributed by atoms with Crippen LogP contribution in [0.15, 0.2) is 41.3 Å². The van der Waals surface area contributed by atoms with E-state index in [0.717, 1.165) is 54.3 Å². The van der Waals surface area contributed by atoms with Crippen LogP contribution in [0.2, 0.25) is 0 Å². The van der Waals surface area contributed by atoms with Gasteiger partial charge in [0, 0.05) is 25.4 Å². The van der Waals surface area contributed by atoms with Gasteiger partial charge in [0.25, 0.3) is 5.56 Å². The van der Waals surface area contributed by atoms with Crippen molar-refractivity contribution in [2.45, 2.75) is 45.2 Å². The average molecular weight is 382 g/mol.